The normalized spacial score (nSPS) is 33.1. The monoisotopic (exact) mass is 249 g/mol. The maximum Gasteiger partial charge on any atom is 0.0986 e. The fourth-order valence-electron chi connectivity index (χ4n) is 1.91. The molecular formula is C11H23NO3S. The van der Waals surface area contributed by atoms with E-state index >= 15 is 0 Å². The molecule has 0 aromatic heterocycles. The van der Waals surface area contributed by atoms with Crippen molar-refractivity contribution >= 4 is 10.8 Å². The minimum Gasteiger partial charge on any atom is -0.377 e. The lowest BCUT2D eigenvalue weighted by Gasteiger charge is -2.43. The third-order valence-corrected chi connectivity index (χ3v) is 4.44. The van der Waals surface area contributed by atoms with Gasteiger partial charge in [-0.3, -0.25) is 4.21 Å². The van der Waals surface area contributed by atoms with Crippen LogP contribution in [-0.2, 0) is 20.3 Å². The molecule has 1 rings (SSSR count). The van der Waals surface area contributed by atoms with Gasteiger partial charge in [0.05, 0.1) is 12.2 Å². The summed E-state index contributed by atoms with van der Waals surface area (Å²) in [6.45, 7) is 5.48. The SMILES string of the molecule is CCOC1CC(NCC(C)S(C)=O)C1OC. The van der Waals surface area contributed by atoms with Crippen LogP contribution in [0.2, 0.25) is 0 Å². The van der Waals surface area contributed by atoms with Gasteiger partial charge in [0.1, 0.15) is 0 Å². The summed E-state index contributed by atoms with van der Waals surface area (Å²) in [6.07, 6.45) is 3.08. The van der Waals surface area contributed by atoms with Crippen LogP contribution >= 0.6 is 0 Å². The number of hydrogen-bond acceptors (Lipinski definition) is 4. The second-order valence-electron chi connectivity index (χ2n) is 4.25. The zero-order chi connectivity index (χ0) is 12.1. The van der Waals surface area contributed by atoms with E-state index in [-0.39, 0.29) is 17.5 Å². The molecule has 96 valence electrons. The summed E-state index contributed by atoms with van der Waals surface area (Å²) < 4.78 is 22.1. The van der Waals surface area contributed by atoms with Crippen LogP contribution < -0.4 is 5.32 Å². The van der Waals surface area contributed by atoms with Gasteiger partial charge in [-0.25, -0.2) is 0 Å². The Morgan fingerprint density at radius 1 is 1.56 bits per heavy atom. The van der Waals surface area contributed by atoms with E-state index in [0.29, 0.717) is 6.04 Å². The van der Waals surface area contributed by atoms with Crippen LogP contribution in [0.25, 0.3) is 0 Å². The Morgan fingerprint density at radius 2 is 2.25 bits per heavy atom. The van der Waals surface area contributed by atoms with E-state index < -0.39 is 10.8 Å². The zero-order valence-corrected chi connectivity index (χ0v) is 11.4. The number of nitrogens with one attached hydrogen (secondary N) is 1. The summed E-state index contributed by atoms with van der Waals surface area (Å²) in [5.74, 6) is 0. The second kappa shape index (κ2) is 6.69. The van der Waals surface area contributed by atoms with E-state index in [1.54, 1.807) is 13.4 Å². The molecule has 0 bridgehead atoms. The zero-order valence-electron chi connectivity index (χ0n) is 10.6. The van der Waals surface area contributed by atoms with E-state index in [2.05, 4.69) is 5.32 Å². The molecule has 1 N–H and O–H groups in total. The van der Waals surface area contributed by atoms with Crippen molar-refractivity contribution in [3.05, 3.63) is 0 Å². The highest BCUT2D eigenvalue weighted by molar-refractivity contribution is 7.84. The highest BCUT2D eigenvalue weighted by Gasteiger charge is 2.41. The number of rotatable bonds is 7. The van der Waals surface area contributed by atoms with Crippen molar-refractivity contribution in [3.63, 3.8) is 0 Å². The molecule has 0 aliphatic heterocycles. The second-order valence-corrected chi connectivity index (χ2v) is 6.06. The van der Waals surface area contributed by atoms with Crippen molar-refractivity contribution in [3.8, 4) is 0 Å². The van der Waals surface area contributed by atoms with E-state index in [4.69, 9.17) is 9.47 Å². The van der Waals surface area contributed by atoms with Gasteiger partial charge in [0.2, 0.25) is 0 Å². The average molecular weight is 249 g/mol. The first-order valence-electron chi connectivity index (χ1n) is 5.80. The van der Waals surface area contributed by atoms with Gasteiger partial charge < -0.3 is 14.8 Å². The standard InChI is InChI=1S/C11H23NO3S/c1-5-15-10-6-9(11(10)14-3)12-7-8(2)16(4)13/h8-12H,5-7H2,1-4H3. The first-order chi connectivity index (χ1) is 7.60. The number of ether oxygens (including phenoxy) is 2. The molecule has 5 unspecified atom stereocenters. The highest BCUT2D eigenvalue weighted by atomic mass is 32.2. The summed E-state index contributed by atoms with van der Waals surface area (Å²) in [4.78, 5) is 0. The maximum atomic E-state index is 11.2. The Labute approximate surface area is 101 Å². The van der Waals surface area contributed by atoms with Crippen molar-refractivity contribution in [2.24, 2.45) is 0 Å². The molecule has 0 saturated heterocycles. The molecule has 5 heteroatoms. The summed E-state index contributed by atoms with van der Waals surface area (Å²) in [7, 11) is 0.950. The van der Waals surface area contributed by atoms with Crippen LogP contribution in [0.1, 0.15) is 20.3 Å². The van der Waals surface area contributed by atoms with Gasteiger partial charge in [0.25, 0.3) is 0 Å². The fraction of sp³-hybridized carbons (Fsp3) is 1.00. The summed E-state index contributed by atoms with van der Waals surface area (Å²) >= 11 is 0. The van der Waals surface area contributed by atoms with Crippen molar-refractivity contribution in [2.75, 3.05) is 26.5 Å². The van der Waals surface area contributed by atoms with Gasteiger partial charge in [-0.15, -0.1) is 0 Å². The van der Waals surface area contributed by atoms with Gasteiger partial charge in [0.15, 0.2) is 0 Å². The van der Waals surface area contributed by atoms with Crippen LogP contribution in [0.4, 0.5) is 0 Å². The van der Waals surface area contributed by atoms with E-state index in [1.807, 2.05) is 13.8 Å². The Kier molecular flexibility index (Phi) is 5.89. The number of hydrogen-bond donors (Lipinski definition) is 1. The smallest absolute Gasteiger partial charge is 0.0986 e. The largest absolute Gasteiger partial charge is 0.377 e. The van der Waals surface area contributed by atoms with Gasteiger partial charge >= 0.3 is 0 Å². The Bertz CT molecular complexity index is 237. The van der Waals surface area contributed by atoms with Gasteiger partial charge in [-0.1, -0.05) is 0 Å². The van der Waals surface area contributed by atoms with Crippen LogP contribution in [-0.4, -0.2) is 54.2 Å². The van der Waals surface area contributed by atoms with Crippen molar-refractivity contribution < 1.29 is 13.7 Å². The molecule has 0 aromatic rings. The van der Waals surface area contributed by atoms with Gasteiger partial charge in [0, 0.05) is 48.6 Å². The van der Waals surface area contributed by atoms with Crippen LogP contribution in [0.3, 0.4) is 0 Å². The fourth-order valence-corrected chi connectivity index (χ4v) is 2.24. The Balaban J connectivity index is 2.27. The lowest BCUT2D eigenvalue weighted by Crippen LogP contribution is -2.60. The quantitative estimate of drug-likeness (QED) is 0.715. The molecule has 0 aromatic carbocycles. The summed E-state index contributed by atoms with van der Waals surface area (Å²) in [5, 5.41) is 3.58. The molecular weight excluding hydrogens is 226 g/mol. The summed E-state index contributed by atoms with van der Waals surface area (Å²) in [6, 6.07) is 0.340. The molecule has 1 saturated carbocycles. The highest BCUT2D eigenvalue weighted by Crippen LogP contribution is 2.26. The Hall–Kier alpha value is 0.0300. The van der Waals surface area contributed by atoms with Crippen LogP contribution in [0, 0.1) is 0 Å². The van der Waals surface area contributed by atoms with Crippen LogP contribution in [0.15, 0.2) is 0 Å². The van der Waals surface area contributed by atoms with E-state index in [1.165, 1.54) is 0 Å². The topological polar surface area (TPSA) is 47.6 Å². The first kappa shape index (κ1) is 14.1. The molecule has 1 fully saturated rings. The molecule has 0 heterocycles. The van der Waals surface area contributed by atoms with Gasteiger partial charge in [-0.2, -0.15) is 0 Å². The Morgan fingerprint density at radius 3 is 2.75 bits per heavy atom. The van der Waals surface area contributed by atoms with Crippen molar-refractivity contribution in [2.45, 2.75) is 43.8 Å². The molecule has 16 heavy (non-hydrogen) atoms. The van der Waals surface area contributed by atoms with E-state index in [0.717, 1.165) is 19.6 Å². The molecule has 4 nitrogen and oxygen atoms in total. The van der Waals surface area contributed by atoms with Gasteiger partial charge in [-0.05, 0) is 20.3 Å². The average Bonchev–Trinajstić information content (AvgIpc) is 2.22. The van der Waals surface area contributed by atoms with Crippen LogP contribution in [0.5, 0.6) is 0 Å². The molecule has 0 radical (unpaired) electrons. The van der Waals surface area contributed by atoms with Crippen molar-refractivity contribution in [1.82, 2.24) is 5.32 Å². The lowest BCUT2D eigenvalue weighted by atomic mass is 9.85. The minimum atomic E-state index is -0.765. The third kappa shape index (κ3) is 3.52. The van der Waals surface area contributed by atoms with Crippen molar-refractivity contribution in [1.29, 1.82) is 0 Å². The minimum absolute atomic E-state index is 0.137. The summed E-state index contributed by atoms with van der Waals surface area (Å²) in [5.41, 5.74) is 0. The molecule has 1 aliphatic carbocycles. The maximum absolute atomic E-state index is 11.2. The molecule has 0 spiro atoms. The van der Waals surface area contributed by atoms with E-state index in [9.17, 15) is 4.21 Å². The molecule has 0 amide bonds. The molecule has 1 aliphatic rings. The first-order valence-corrected chi connectivity index (χ1v) is 7.42. The predicted molar refractivity (Wildman–Crippen MR) is 66.1 cm³/mol. The number of methoxy groups -OCH3 is 1. The third-order valence-electron chi connectivity index (χ3n) is 3.14. The lowest BCUT2D eigenvalue weighted by molar-refractivity contribution is -0.131. The predicted octanol–water partition coefficient (Wildman–Crippen LogP) is 0.535. The molecule has 5 atom stereocenters.